The lowest BCUT2D eigenvalue weighted by atomic mass is 9.69. The zero-order chi connectivity index (χ0) is 21.6. The van der Waals surface area contributed by atoms with Crippen molar-refractivity contribution in [3.8, 4) is 0 Å². The van der Waals surface area contributed by atoms with Crippen LogP contribution in [0.15, 0.2) is 53.6 Å². The van der Waals surface area contributed by atoms with Crippen LogP contribution in [-0.4, -0.2) is 29.3 Å². The summed E-state index contributed by atoms with van der Waals surface area (Å²) in [6.07, 6.45) is 3.81. The number of benzene rings is 1. The molecule has 29 heavy (non-hydrogen) atoms. The molecule has 1 atom stereocenters. The summed E-state index contributed by atoms with van der Waals surface area (Å²) >= 11 is 0. The SMILES string of the molecule is CC(C)(C)C1=CC2(C=C(C(C)(C)C)C1=O)CC(NC(=O)c1ccccc1)C(=O)O2. The first kappa shape index (κ1) is 21.0. The minimum absolute atomic E-state index is 0.0107. The van der Waals surface area contributed by atoms with E-state index >= 15 is 0 Å². The van der Waals surface area contributed by atoms with E-state index in [2.05, 4.69) is 5.32 Å². The van der Waals surface area contributed by atoms with Crippen molar-refractivity contribution in [2.75, 3.05) is 0 Å². The average Bonchev–Trinajstić information content (AvgIpc) is 2.91. The third kappa shape index (κ3) is 4.19. The van der Waals surface area contributed by atoms with Crippen molar-refractivity contribution in [3.63, 3.8) is 0 Å². The number of ether oxygens (including phenoxy) is 1. The first-order chi connectivity index (χ1) is 13.3. The van der Waals surface area contributed by atoms with Gasteiger partial charge in [0.15, 0.2) is 11.4 Å². The van der Waals surface area contributed by atoms with Gasteiger partial charge in [-0.15, -0.1) is 0 Å². The molecule has 1 N–H and O–H groups in total. The van der Waals surface area contributed by atoms with Gasteiger partial charge in [-0.2, -0.15) is 0 Å². The minimum atomic E-state index is -1.02. The van der Waals surface area contributed by atoms with Crippen LogP contribution in [0.25, 0.3) is 0 Å². The summed E-state index contributed by atoms with van der Waals surface area (Å²) in [4.78, 5) is 38.3. The van der Waals surface area contributed by atoms with Gasteiger partial charge in [0.2, 0.25) is 0 Å². The Morgan fingerprint density at radius 3 is 1.97 bits per heavy atom. The van der Waals surface area contributed by atoms with Gasteiger partial charge in [0.05, 0.1) is 0 Å². The van der Waals surface area contributed by atoms with Crippen molar-refractivity contribution in [2.24, 2.45) is 10.8 Å². The van der Waals surface area contributed by atoms with Crippen LogP contribution in [0.4, 0.5) is 0 Å². The van der Waals surface area contributed by atoms with E-state index in [0.29, 0.717) is 16.7 Å². The highest BCUT2D eigenvalue weighted by Gasteiger charge is 2.50. The Morgan fingerprint density at radius 2 is 1.48 bits per heavy atom. The molecule has 1 amide bonds. The van der Waals surface area contributed by atoms with Gasteiger partial charge in [-0.05, 0) is 35.1 Å². The maximum Gasteiger partial charge on any atom is 0.330 e. The molecule has 1 aromatic rings. The lowest BCUT2D eigenvalue weighted by molar-refractivity contribution is -0.144. The summed E-state index contributed by atoms with van der Waals surface area (Å²) in [5, 5.41) is 2.78. The van der Waals surface area contributed by atoms with Crippen LogP contribution in [0.1, 0.15) is 58.3 Å². The van der Waals surface area contributed by atoms with Crippen LogP contribution >= 0.6 is 0 Å². The molecule has 0 saturated carbocycles. The number of allylic oxidation sites excluding steroid dienone is 2. The summed E-state index contributed by atoms with van der Waals surface area (Å²) in [7, 11) is 0. The topological polar surface area (TPSA) is 72.5 Å². The van der Waals surface area contributed by atoms with Crippen LogP contribution in [-0.2, 0) is 14.3 Å². The summed E-state index contributed by atoms with van der Waals surface area (Å²) in [5.74, 6) is -0.822. The molecule has 0 radical (unpaired) electrons. The molecule has 1 spiro atoms. The highest BCUT2D eigenvalue weighted by molar-refractivity contribution is 6.11. The molecule has 1 aliphatic heterocycles. The fourth-order valence-corrected chi connectivity index (χ4v) is 3.74. The Labute approximate surface area is 172 Å². The van der Waals surface area contributed by atoms with E-state index < -0.39 is 28.4 Å². The number of rotatable bonds is 2. The zero-order valence-corrected chi connectivity index (χ0v) is 18.0. The van der Waals surface area contributed by atoms with Crippen molar-refractivity contribution in [3.05, 3.63) is 59.2 Å². The van der Waals surface area contributed by atoms with Crippen LogP contribution in [0.3, 0.4) is 0 Å². The maximum atomic E-state index is 13.1. The number of ketones is 1. The van der Waals surface area contributed by atoms with Gasteiger partial charge in [-0.1, -0.05) is 59.7 Å². The van der Waals surface area contributed by atoms with Crippen LogP contribution < -0.4 is 5.32 Å². The molecule has 3 rings (SSSR count). The predicted octanol–water partition coefficient (Wildman–Crippen LogP) is 4.00. The third-order valence-corrected chi connectivity index (χ3v) is 5.32. The van der Waals surface area contributed by atoms with E-state index in [0.717, 1.165) is 0 Å². The molecule has 1 heterocycles. The molecular formula is C24H29NO4. The lowest BCUT2D eigenvalue weighted by Crippen LogP contribution is -2.39. The predicted molar refractivity (Wildman–Crippen MR) is 111 cm³/mol. The van der Waals surface area contributed by atoms with Crippen molar-refractivity contribution >= 4 is 17.7 Å². The lowest BCUT2D eigenvalue weighted by Gasteiger charge is -2.36. The number of esters is 1. The highest BCUT2D eigenvalue weighted by atomic mass is 16.6. The number of nitrogens with one attached hydrogen (secondary N) is 1. The van der Waals surface area contributed by atoms with Crippen LogP contribution in [0.5, 0.6) is 0 Å². The maximum absolute atomic E-state index is 13.1. The molecule has 0 aromatic heterocycles. The van der Waals surface area contributed by atoms with Crippen molar-refractivity contribution in [1.29, 1.82) is 0 Å². The molecule has 0 bridgehead atoms. The molecule has 1 unspecified atom stereocenters. The van der Waals surface area contributed by atoms with Gasteiger partial charge in [0.1, 0.15) is 6.04 Å². The monoisotopic (exact) mass is 395 g/mol. The Morgan fingerprint density at radius 1 is 0.966 bits per heavy atom. The number of carbonyl (C=O) groups is 3. The molecule has 5 heteroatoms. The molecular weight excluding hydrogens is 366 g/mol. The number of Topliss-reactive ketones (excluding diaryl/α,β-unsaturated/α-hetero) is 1. The Balaban J connectivity index is 1.95. The molecule has 154 valence electrons. The van der Waals surface area contributed by atoms with Crippen LogP contribution in [0.2, 0.25) is 0 Å². The Hall–Kier alpha value is -2.69. The van der Waals surface area contributed by atoms with E-state index in [1.165, 1.54) is 0 Å². The van der Waals surface area contributed by atoms with E-state index in [4.69, 9.17) is 4.74 Å². The van der Waals surface area contributed by atoms with Gasteiger partial charge in [0, 0.05) is 23.1 Å². The quantitative estimate of drug-likeness (QED) is 0.769. The van der Waals surface area contributed by atoms with Gasteiger partial charge >= 0.3 is 5.97 Å². The molecule has 2 aliphatic rings. The molecule has 5 nitrogen and oxygen atoms in total. The van der Waals surface area contributed by atoms with Gasteiger partial charge in [0.25, 0.3) is 5.91 Å². The van der Waals surface area contributed by atoms with Crippen LogP contribution in [0, 0.1) is 10.8 Å². The third-order valence-electron chi connectivity index (χ3n) is 5.32. The highest BCUT2D eigenvalue weighted by Crippen LogP contribution is 2.44. The van der Waals surface area contributed by atoms with Gasteiger partial charge in [-0.25, -0.2) is 4.79 Å². The summed E-state index contributed by atoms with van der Waals surface area (Å²) in [6, 6.07) is 7.98. The first-order valence-corrected chi connectivity index (χ1v) is 9.93. The fraction of sp³-hybridized carbons (Fsp3) is 0.458. The number of hydrogen-bond donors (Lipinski definition) is 1. The zero-order valence-electron chi connectivity index (χ0n) is 18.0. The molecule has 1 saturated heterocycles. The smallest absolute Gasteiger partial charge is 0.330 e. The second-order valence-electron chi connectivity index (χ2n) is 9.92. The van der Waals surface area contributed by atoms with Crippen molar-refractivity contribution in [1.82, 2.24) is 5.32 Å². The average molecular weight is 395 g/mol. The summed E-state index contributed by atoms with van der Waals surface area (Å²) in [5.41, 5.74) is -0.0677. The number of hydrogen-bond acceptors (Lipinski definition) is 4. The largest absolute Gasteiger partial charge is 0.449 e. The van der Waals surface area contributed by atoms with E-state index in [-0.39, 0.29) is 18.1 Å². The van der Waals surface area contributed by atoms with Crippen molar-refractivity contribution < 1.29 is 19.1 Å². The van der Waals surface area contributed by atoms with Gasteiger partial charge < -0.3 is 10.1 Å². The second kappa shape index (κ2) is 6.97. The fourth-order valence-electron chi connectivity index (χ4n) is 3.74. The Kier molecular flexibility index (Phi) is 5.06. The second-order valence-corrected chi connectivity index (χ2v) is 9.92. The standard InChI is InChI=1S/C24H29NO4/c1-22(2,3)16-12-24(13-17(19(16)26)23(4,5)6)14-18(21(28)29-24)25-20(27)15-10-8-7-9-11-15/h7-13,18H,14H2,1-6H3,(H,25,27). The molecule has 1 aromatic carbocycles. The Bertz CT molecular complexity index is 876. The summed E-state index contributed by atoms with van der Waals surface area (Å²) < 4.78 is 5.78. The van der Waals surface area contributed by atoms with Crippen molar-refractivity contribution in [2.45, 2.75) is 59.6 Å². The van der Waals surface area contributed by atoms with E-state index in [1.807, 2.05) is 47.6 Å². The first-order valence-electron chi connectivity index (χ1n) is 9.93. The number of carbonyl (C=O) groups excluding carboxylic acids is 3. The number of amides is 1. The normalized spacial score (nSPS) is 21.5. The molecule has 1 fully saturated rings. The van der Waals surface area contributed by atoms with E-state index in [9.17, 15) is 14.4 Å². The van der Waals surface area contributed by atoms with E-state index in [1.54, 1.807) is 36.4 Å². The minimum Gasteiger partial charge on any atom is -0.449 e. The van der Waals surface area contributed by atoms with Gasteiger partial charge in [-0.3, -0.25) is 9.59 Å². The summed E-state index contributed by atoms with van der Waals surface area (Å²) in [6.45, 7) is 11.8. The molecule has 1 aliphatic carbocycles.